The third-order valence-corrected chi connectivity index (χ3v) is 7.75. The van der Waals surface area contributed by atoms with Gasteiger partial charge in [0.15, 0.2) is 0 Å². The fourth-order valence-electron chi connectivity index (χ4n) is 4.08. The molecule has 2 heterocycles. The van der Waals surface area contributed by atoms with Crippen LogP contribution in [0, 0.1) is 0 Å². The Balaban J connectivity index is 1.43. The summed E-state index contributed by atoms with van der Waals surface area (Å²) < 4.78 is 27.4. The lowest BCUT2D eigenvalue weighted by atomic mass is 10.1. The highest BCUT2D eigenvalue weighted by molar-refractivity contribution is 7.89. The number of carbonyl (C=O) groups is 2. The van der Waals surface area contributed by atoms with Crippen molar-refractivity contribution in [1.82, 2.24) is 9.21 Å². The number of imide groups is 1. The van der Waals surface area contributed by atoms with Gasteiger partial charge in [-0.1, -0.05) is 37.3 Å². The molecule has 0 aromatic heterocycles. The summed E-state index contributed by atoms with van der Waals surface area (Å²) in [5, 5.41) is 0. The predicted octanol–water partition coefficient (Wildman–Crippen LogP) is 2.87. The fourth-order valence-corrected chi connectivity index (χ4v) is 5.55. The van der Waals surface area contributed by atoms with Crippen molar-refractivity contribution in [2.24, 2.45) is 0 Å². The van der Waals surface area contributed by atoms with Gasteiger partial charge in [-0.2, -0.15) is 4.31 Å². The average molecular weight is 428 g/mol. The number of para-hydroxylation sites is 1. The van der Waals surface area contributed by atoms with E-state index in [0.717, 1.165) is 12.0 Å². The zero-order valence-corrected chi connectivity index (χ0v) is 17.7. The number of sulfonamides is 1. The molecule has 2 aromatic rings. The molecule has 0 spiro atoms. The maximum atomic E-state index is 13.0. The smallest absolute Gasteiger partial charge is 0.312 e. The third-order valence-electron chi connectivity index (χ3n) is 5.84. The molecule has 0 aliphatic carbocycles. The average Bonchev–Trinajstić information content (AvgIpc) is 3.08. The quantitative estimate of drug-likeness (QED) is 0.688. The van der Waals surface area contributed by atoms with Gasteiger partial charge in [0.25, 0.3) is 5.91 Å². The minimum atomic E-state index is -3.56. The molecule has 0 radical (unpaired) electrons. The number of hydrogen-bond donors (Lipinski definition) is 0. The van der Waals surface area contributed by atoms with E-state index in [1.54, 1.807) is 41.3 Å². The summed E-state index contributed by atoms with van der Waals surface area (Å²) in [6, 6.07) is 15.4. The molecule has 2 fully saturated rings. The van der Waals surface area contributed by atoms with E-state index in [-0.39, 0.29) is 24.5 Å². The van der Waals surface area contributed by atoms with E-state index in [2.05, 4.69) is 0 Å². The molecular weight excluding hydrogens is 402 g/mol. The van der Waals surface area contributed by atoms with Gasteiger partial charge in [0, 0.05) is 19.1 Å². The number of anilines is 1. The van der Waals surface area contributed by atoms with Crippen molar-refractivity contribution in [3.05, 3.63) is 60.2 Å². The summed E-state index contributed by atoms with van der Waals surface area (Å²) in [5.41, 5.74) is 1.65. The lowest BCUT2D eigenvalue weighted by molar-refractivity contribution is -0.116. The van der Waals surface area contributed by atoms with Crippen molar-refractivity contribution < 1.29 is 18.0 Å². The SMILES string of the molecule is CCc1ccc(S(=O)(=O)N2CCC(N3CC(=O)N(c4ccccc4)C3=O)CC2)cc1. The van der Waals surface area contributed by atoms with Crippen LogP contribution in [0.2, 0.25) is 0 Å². The number of rotatable bonds is 5. The highest BCUT2D eigenvalue weighted by Gasteiger charge is 2.42. The Hall–Kier alpha value is -2.71. The zero-order chi connectivity index (χ0) is 21.3. The van der Waals surface area contributed by atoms with Gasteiger partial charge in [-0.15, -0.1) is 0 Å². The van der Waals surface area contributed by atoms with Crippen molar-refractivity contribution in [2.75, 3.05) is 24.5 Å². The first-order valence-electron chi connectivity index (χ1n) is 10.2. The van der Waals surface area contributed by atoms with Crippen molar-refractivity contribution >= 4 is 27.6 Å². The second kappa shape index (κ2) is 8.20. The van der Waals surface area contributed by atoms with E-state index < -0.39 is 10.0 Å². The highest BCUT2D eigenvalue weighted by atomic mass is 32.2. The Bertz CT molecular complexity index is 1030. The summed E-state index contributed by atoms with van der Waals surface area (Å²) in [5.74, 6) is -0.253. The van der Waals surface area contributed by atoms with Gasteiger partial charge in [-0.3, -0.25) is 4.79 Å². The lowest BCUT2D eigenvalue weighted by Crippen LogP contribution is -2.48. The molecule has 0 saturated carbocycles. The van der Waals surface area contributed by atoms with Crippen LogP contribution in [0.25, 0.3) is 0 Å². The molecule has 8 heteroatoms. The molecule has 2 saturated heterocycles. The maximum absolute atomic E-state index is 13.0. The third kappa shape index (κ3) is 3.73. The molecule has 2 aromatic carbocycles. The van der Waals surface area contributed by atoms with Gasteiger partial charge >= 0.3 is 6.03 Å². The minimum absolute atomic E-state index is 0.0314. The van der Waals surface area contributed by atoms with Crippen LogP contribution in [0.5, 0.6) is 0 Å². The largest absolute Gasteiger partial charge is 0.332 e. The van der Waals surface area contributed by atoms with E-state index in [1.165, 1.54) is 9.21 Å². The normalized spacial score (nSPS) is 19.0. The number of nitrogens with zero attached hydrogens (tertiary/aromatic N) is 3. The van der Waals surface area contributed by atoms with Gasteiger partial charge in [-0.05, 0) is 49.1 Å². The van der Waals surface area contributed by atoms with Gasteiger partial charge in [0.05, 0.1) is 10.6 Å². The van der Waals surface area contributed by atoms with Crippen LogP contribution in [0.1, 0.15) is 25.3 Å². The first-order valence-corrected chi connectivity index (χ1v) is 11.6. The molecule has 3 amide bonds. The summed E-state index contributed by atoms with van der Waals surface area (Å²) in [6.07, 6.45) is 1.87. The molecular formula is C22H25N3O4S. The van der Waals surface area contributed by atoms with Crippen molar-refractivity contribution in [3.8, 4) is 0 Å². The number of carbonyl (C=O) groups excluding carboxylic acids is 2. The minimum Gasteiger partial charge on any atom is -0.312 e. The molecule has 0 bridgehead atoms. The van der Waals surface area contributed by atoms with E-state index in [9.17, 15) is 18.0 Å². The van der Waals surface area contributed by atoms with E-state index in [1.807, 2.05) is 25.1 Å². The Morgan fingerprint density at radius 1 is 0.933 bits per heavy atom. The fraction of sp³-hybridized carbons (Fsp3) is 0.364. The van der Waals surface area contributed by atoms with Gasteiger partial charge < -0.3 is 4.90 Å². The predicted molar refractivity (Wildman–Crippen MR) is 114 cm³/mol. The topological polar surface area (TPSA) is 78.0 Å². The first kappa shape index (κ1) is 20.6. The summed E-state index contributed by atoms with van der Waals surface area (Å²) in [4.78, 5) is 28.4. The zero-order valence-electron chi connectivity index (χ0n) is 16.9. The molecule has 30 heavy (non-hydrogen) atoms. The van der Waals surface area contributed by atoms with Gasteiger partial charge in [0.2, 0.25) is 10.0 Å². The van der Waals surface area contributed by atoms with E-state index in [4.69, 9.17) is 0 Å². The molecule has 0 N–H and O–H groups in total. The molecule has 7 nitrogen and oxygen atoms in total. The standard InChI is InChI=1S/C22H25N3O4S/c1-2-17-8-10-20(11-9-17)30(28,29)23-14-12-18(13-15-23)24-16-21(26)25(22(24)27)19-6-4-3-5-7-19/h3-11,18H,2,12-16H2,1H3. The number of piperidine rings is 1. The van der Waals surface area contributed by atoms with Crippen molar-refractivity contribution in [3.63, 3.8) is 0 Å². The van der Waals surface area contributed by atoms with Crippen molar-refractivity contribution in [1.29, 1.82) is 0 Å². The number of amides is 3. The molecule has 0 unspecified atom stereocenters. The molecule has 2 aliphatic rings. The van der Waals surface area contributed by atoms with Crippen LogP contribution < -0.4 is 4.90 Å². The van der Waals surface area contributed by atoms with Crippen LogP contribution in [-0.2, 0) is 21.2 Å². The first-order chi connectivity index (χ1) is 14.4. The maximum Gasteiger partial charge on any atom is 0.332 e. The van der Waals surface area contributed by atoms with Crippen LogP contribution in [0.3, 0.4) is 0 Å². The van der Waals surface area contributed by atoms with Crippen molar-refractivity contribution in [2.45, 2.75) is 37.1 Å². The summed E-state index contributed by atoms with van der Waals surface area (Å²) in [7, 11) is -3.56. The van der Waals surface area contributed by atoms with Gasteiger partial charge in [-0.25, -0.2) is 18.1 Å². The van der Waals surface area contributed by atoms with E-state index >= 15 is 0 Å². The molecule has 0 atom stereocenters. The van der Waals surface area contributed by atoms with Crippen LogP contribution >= 0.6 is 0 Å². The Labute approximate surface area is 176 Å². The Morgan fingerprint density at radius 3 is 2.17 bits per heavy atom. The summed E-state index contributed by atoms with van der Waals surface area (Å²) >= 11 is 0. The second-order valence-electron chi connectivity index (χ2n) is 7.61. The monoisotopic (exact) mass is 427 g/mol. The number of urea groups is 1. The lowest BCUT2D eigenvalue weighted by Gasteiger charge is -2.35. The second-order valence-corrected chi connectivity index (χ2v) is 9.55. The highest BCUT2D eigenvalue weighted by Crippen LogP contribution is 2.28. The van der Waals surface area contributed by atoms with Crippen LogP contribution in [0.15, 0.2) is 59.5 Å². The number of benzene rings is 2. The Morgan fingerprint density at radius 2 is 1.57 bits per heavy atom. The molecule has 2 aliphatic heterocycles. The van der Waals surface area contributed by atoms with Gasteiger partial charge in [0.1, 0.15) is 6.54 Å². The number of hydrogen-bond acceptors (Lipinski definition) is 4. The number of aryl methyl sites for hydroxylation is 1. The molecule has 158 valence electrons. The van der Waals surface area contributed by atoms with E-state index in [0.29, 0.717) is 36.5 Å². The Kier molecular flexibility index (Phi) is 5.62. The van der Waals surface area contributed by atoms with Crippen LogP contribution in [-0.4, -0.2) is 55.2 Å². The molecule has 4 rings (SSSR count). The summed E-state index contributed by atoms with van der Waals surface area (Å²) in [6.45, 7) is 2.71. The van der Waals surface area contributed by atoms with Crippen LogP contribution in [0.4, 0.5) is 10.5 Å².